The van der Waals surface area contributed by atoms with Crippen LogP contribution in [0.25, 0.3) is 10.9 Å². The van der Waals surface area contributed by atoms with Crippen molar-refractivity contribution in [2.24, 2.45) is 0 Å². The van der Waals surface area contributed by atoms with E-state index in [0.29, 0.717) is 23.3 Å². The van der Waals surface area contributed by atoms with Gasteiger partial charge in [0.15, 0.2) is 0 Å². The van der Waals surface area contributed by atoms with Gasteiger partial charge in [-0.1, -0.05) is 6.42 Å². The number of aromatic carboxylic acids is 1. The minimum Gasteiger partial charge on any atom is -0.494 e. The minimum absolute atomic E-state index is 0.415. The lowest BCUT2D eigenvalue weighted by Gasteiger charge is -2.13. The quantitative estimate of drug-likeness (QED) is 0.875. The molecular weight excluding hydrogens is 266 g/mol. The molecule has 1 aliphatic carbocycles. The predicted molar refractivity (Wildman–Crippen MR) is 81.1 cm³/mol. The van der Waals surface area contributed by atoms with Gasteiger partial charge in [-0.2, -0.15) is 0 Å². The first-order chi connectivity index (χ1) is 10.2. The number of carboxylic acid groups (broad SMARTS) is 1. The molecule has 0 amide bonds. The summed E-state index contributed by atoms with van der Waals surface area (Å²) in [5, 5.41) is 10.4. The fourth-order valence-corrected chi connectivity index (χ4v) is 3.08. The van der Waals surface area contributed by atoms with E-state index in [1.54, 1.807) is 6.07 Å². The highest BCUT2D eigenvalue weighted by Crippen LogP contribution is 2.30. The molecule has 4 nitrogen and oxygen atoms in total. The number of carboxylic acids is 1. The molecule has 21 heavy (non-hydrogen) atoms. The van der Waals surface area contributed by atoms with Crippen LogP contribution in [0.2, 0.25) is 0 Å². The summed E-state index contributed by atoms with van der Waals surface area (Å²) in [7, 11) is 0. The predicted octanol–water partition coefficient (Wildman–Crippen LogP) is 3.60. The first-order valence-corrected chi connectivity index (χ1v) is 7.52. The van der Waals surface area contributed by atoms with E-state index >= 15 is 0 Å². The topological polar surface area (TPSA) is 59.4 Å². The fraction of sp³-hybridized carbons (Fsp3) is 0.412. The Kier molecular flexibility index (Phi) is 3.78. The Morgan fingerprint density at radius 2 is 2.10 bits per heavy atom. The highest BCUT2D eigenvalue weighted by Gasteiger charge is 2.21. The summed E-state index contributed by atoms with van der Waals surface area (Å²) >= 11 is 0. The van der Waals surface area contributed by atoms with E-state index in [4.69, 9.17) is 9.72 Å². The Balaban J connectivity index is 2.27. The summed E-state index contributed by atoms with van der Waals surface area (Å²) in [5.41, 5.74) is 3.04. The standard InChI is InChI=1S/C17H19NO3/c1-2-21-11-8-9-15-13(10-11)16(17(19)20)12-6-4-3-5-7-14(12)18-15/h8-10H,2-7H2,1H3,(H,19,20). The number of aryl methyl sites for hydroxylation is 1. The Morgan fingerprint density at radius 3 is 2.86 bits per heavy atom. The molecule has 0 aliphatic heterocycles. The van der Waals surface area contributed by atoms with Gasteiger partial charge in [0.25, 0.3) is 0 Å². The molecule has 1 heterocycles. The molecule has 1 aromatic heterocycles. The number of benzene rings is 1. The molecule has 0 saturated carbocycles. The molecule has 4 heteroatoms. The van der Waals surface area contributed by atoms with Crippen molar-refractivity contribution >= 4 is 16.9 Å². The number of carbonyl (C=O) groups is 1. The summed E-state index contributed by atoms with van der Waals surface area (Å²) in [4.78, 5) is 16.5. The highest BCUT2D eigenvalue weighted by molar-refractivity contribution is 6.04. The van der Waals surface area contributed by atoms with Crippen LogP contribution in [0.3, 0.4) is 0 Å². The molecule has 0 bridgehead atoms. The van der Waals surface area contributed by atoms with Gasteiger partial charge in [0.1, 0.15) is 5.75 Å². The highest BCUT2D eigenvalue weighted by atomic mass is 16.5. The summed E-state index contributed by atoms with van der Waals surface area (Å²) in [6, 6.07) is 5.52. The number of hydrogen-bond donors (Lipinski definition) is 1. The third-order valence-electron chi connectivity index (χ3n) is 4.01. The SMILES string of the molecule is CCOc1ccc2nc3c(c(C(=O)O)c2c1)CCCCC3. The number of hydrogen-bond acceptors (Lipinski definition) is 3. The molecule has 0 spiro atoms. The molecule has 0 atom stereocenters. The zero-order chi connectivity index (χ0) is 14.8. The lowest BCUT2D eigenvalue weighted by molar-refractivity contribution is 0.0697. The van der Waals surface area contributed by atoms with Crippen LogP contribution in [-0.2, 0) is 12.8 Å². The maximum atomic E-state index is 11.8. The summed E-state index contributed by atoms with van der Waals surface area (Å²) in [5.74, 6) is -0.169. The maximum absolute atomic E-state index is 11.8. The first kappa shape index (κ1) is 13.9. The van der Waals surface area contributed by atoms with Gasteiger partial charge in [0.2, 0.25) is 0 Å². The number of aromatic nitrogens is 1. The van der Waals surface area contributed by atoms with Crippen LogP contribution in [0.15, 0.2) is 18.2 Å². The van der Waals surface area contributed by atoms with E-state index in [0.717, 1.165) is 48.9 Å². The van der Waals surface area contributed by atoms with Gasteiger partial charge in [0.05, 0.1) is 17.7 Å². The zero-order valence-electron chi connectivity index (χ0n) is 12.2. The van der Waals surface area contributed by atoms with Crippen molar-refractivity contribution in [3.05, 3.63) is 35.0 Å². The largest absolute Gasteiger partial charge is 0.494 e. The van der Waals surface area contributed by atoms with Crippen LogP contribution in [-0.4, -0.2) is 22.7 Å². The Hall–Kier alpha value is -2.10. The second-order valence-electron chi connectivity index (χ2n) is 5.39. The van der Waals surface area contributed by atoms with Crippen molar-refractivity contribution in [3.63, 3.8) is 0 Å². The van der Waals surface area contributed by atoms with Crippen LogP contribution < -0.4 is 4.74 Å². The molecule has 0 radical (unpaired) electrons. The molecule has 0 saturated heterocycles. The molecule has 3 rings (SSSR count). The average molecular weight is 285 g/mol. The second-order valence-corrected chi connectivity index (χ2v) is 5.39. The summed E-state index contributed by atoms with van der Waals surface area (Å²) in [6.45, 7) is 2.48. The van der Waals surface area contributed by atoms with Gasteiger partial charge < -0.3 is 9.84 Å². The number of nitrogens with zero attached hydrogens (tertiary/aromatic N) is 1. The molecule has 1 N–H and O–H groups in total. The molecule has 0 unspecified atom stereocenters. The van der Waals surface area contributed by atoms with Crippen molar-refractivity contribution in [3.8, 4) is 5.75 Å². The molecule has 1 aromatic carbocycles. The van der Waals surface area contributed by atoms with Crippen molar-refractivity contribution in [1.82, 2.24) is 4.98 Å². The fourth-order valence-electron chi connectivity index (χ4n) is 3.08. The minimum atomic E-state index is -0.866. The van der Waals surface area contributed by atoms with E-state index in [1.807, 2.05) is 19.1 Å². The van der Waals surface area contributed by atoms with E-state index in [-0.39, 0.29) is 0 Å². The normalized spacial score (nSPS) is 14.5. The number of pyridine rings is 1. The van der Waals surface area contributed by atoms with Gasteiger partial charge in [-0.25, -0.2) is 4.79 Å². The van der Waals surface area contributed by atoms with Crippen LogP contribution in [0.1, 0.15) is 47.8 Å². The van der Waals surface area contributed by atoms with E-state index < -0.39 is 5.97 Å². The molecule has 110 valence electrons. The Morgan fingerprint density at radius 1 is 1.29 bits per heavy atom. The van der Waals surface area contributed by atoms with Crippen LogP contribution >= 0.6 is 0 Å². The maximum Gasteiger partial charge on any atom is 0.336 e. The summed E-state index contributed by atoms with van der Waals surface area (Å²) < 4.78 is 5.50. The average Bonchev–Trinajstić information content (AvgIpc) is 2.69. The lowest BCUT2D eigenvalue weighted by atomic mass is 9.97. The van der Waals surface area contributed by atoms with Crippen molar-refractivity contribution < 1.29 is 14.6 Å². The summed E-state index contributed by atoms with van der Waals surface area (Å²) in [6.07, 6.45) is 4.93. The Labute approximate surface area is 123 Å². The number of ether oxygens (including phenoxy) is 1. The van der Waals surface area contributed by atoms with E-state index in [1.165, 1.54) is 0 Å². The van der Waals surface area contributed by atoms with Gasteiger partial charge >= 0.3 is 5.97 Å². The van der Waals surface area contributed by atoms with Gasteiger partial charge in [-0.05, 0) is 56.4 Å². The third kappa shape index (κ3) is 2.58. The van der Waals surface area contributed by atoms with Gasteiger partial charge in [0, 0.05) is 11.1 Å². The molecule has 2 aromatic rings. The van der Waals surface area contributed by atoms with Crippen LogP contribution in [0, 0.1) is 0 Å². The monoisotopic (exact) mass is 285 g/mol. The molecule has 1 aliphatic rings. The molecular formula is C17H19NO3. The van der Waals surface area contributed by atoms with Gasteiger partial charge in [-0.15, -0.1) is 0 Å². The Bertz CT molecular complexity index is 694. The number of rotatable bonds is 3. The smallest absolute Gasteiger partial charge is 0.336 e. The van der Waals surface area contributed by atoms with Crippen LogP contribution in [0.4, 0.5) is 0 Å². The first-order valence-electron chi connectivity index (χ1n) is 7.52. The lowest BCUT2D eigenvalue weighted by Crippen LogP contribution is -2.09. The van der Waals surface area contributed by atoms with E-state index in [2.05, 4.69) is 0 Å². The van der Waals surface area contributed by atoms with E-state index in [9.17, 15) is 9.90 Å². The van der Waals surface area contributed by atoms with Crippen molar-refractivity contribution in [2.45, 2.75) is 39.0 Å². The number of fused-ring (bicyclic) bond motifs is 2. The molecule has 0 fully saturated rings. The van der Waals surface area contributed by atoms with Crippen molar-refractivity contribution in [2.75, 3.05) is 6.61 Å². The zero-order valence-corrected chi connectivity index (χ0v) is 12.2. The van der Waals surface area contributed by atoms with Crippen LogP contribution in [0.5, 0.6) is 5.75 Å². The van der Waals surface area contributed by atoms with Crippen molar-refractivity contribution in [1.29, 1.82) is 0 Å². The van der Waals surface area contributed by atoms with Gasteiger partial charge in [-0.3, -0.25) is 4.98 Å². The third-order valence-corrected chi connectivity index (χ3v) is 4.01. The second kappa shape index (κ2) is 5.72.